The van der Waals surface area contributed by atoms with Gasteiger partial charge in [0.25, 0.3) is 0 Å². The summed E-state index contributed by atoms with van der Waals surface area (Å²) in [5.74, 6) is 1.95. The largest absolute Gasteiger partial charge is 0.497 e. The quantitative estimate of drug-likeness (QED) is 0.808. The topological polar surface area (TPSA) is 34.6 Å². The van der Waals surface area contributed by atoms with E-state index >= 15 is 0 Å². The summed E-state index contributed by atoms with van der Waals surface area (Å²) in [6.07, 6.45) is 4.24. The maximum Gasteiger partial charge on any atom is 0.127 e. The maximum atomic E-state index is 6.01. The first kappa shape index (κ1) is 16.3. The molecule has 0 radical (unpaired) electrons. The predicted octanol–water partition coefficient (Wildman–Crippen LogP) is 3.67. The van der Waals surface area contributed by atoms with Crippen LogP contribution in [-0.2, 0) is 25.9 Å². The summed E-state index contributed by atoms with van der Waals surface area (Å²) in [5, 5.41) is 1.16. The van der Waals surface area contributed by atoms with Crippen LogP contribution in [0.3, 0.4) is 0 Å². The van der Waals surface area contributed by atoms with Gasteiger partial charge >= 0.3 is 0 Å². The average Bonchev–Trinajstić information content (AvgIpc) is 3.12. The van der Waals surface area contributed by atoms with Crippen molar-refractivity contribution in [2.75, 3.05) is 14.2 Å². The monoisotopic (exact) mass is 332 g/mol. The molecular weight excluding hydrogens is 308 g/mol. The van der Waals surface area contributed by atoms with E-state index < -0.39 is 0 Å². The molecule has 3 rings (SSSR count). The lowest BCUT2D eigenvalue weighted by atomic mass is 10.1. The Morgan fingerprint density at radius 2 is 2.22 bits per heavy atom. The van der Waals surface area contributed by atoms with Gasteiger partial charge in [-0.05, 0) is 32.5 Å². The minimum absolute atomic E-state index is 0.243. The number of hydrogen-bond acceptors (Lipinski definition) is 5. The van der Waals surface area contributed by atoms with Gasteiger partial charge in [-0.3, -0.25) is 4.90 Å². The molecule has 5 heteroatoms. The van der Waals surface area contributed by atoms with Crippen molar-refractivity contribution >= 4 is 11.3 Å². The Kier molecular flexibility index (Phi) is 4.87. The fourth-order valence-corrected chi connectivity index (χ4v) is 3.92. The number of aryl methyl sites for hydroxylation is 1. The van der Waals surface area contributed by atoms with Gasteiger partial charge in [-0.2, -0.15) is 0 Å². The van der Waals surface area contributed by atoms with E-state index in [0.29, 0.717) is 0 Å². The highest BCUT2D eigenvalue weighted by Crippen LogP contribution is 2.36. The number of rotatable bonds is 6. The number of methoxy groups -OCH3 is 1. The Balaban J connectivity index is 1.75. The van der Waals surface area contributed by atoms with Crippen LogP contribution in [0.1, 0.15) is 34.9 Å². The third kappa shape index (κ3) is 3.67. The fourth-order valence-electron chi connectivity index (χ4n) is 2.98. The molecule has 1 atom stereocenters. The second kappa shape index (κ2) is 6.89. The number of benzene rings is 1. The lowest BCUT2D eigenvalue weighted by molar-refractivity contribution is 0.245. The molecule has 0 fully saturated rings. The number of aromatic nitrogens is 1. The summed E-state index contributed by atoms with van der Waals surface area (Å²) < 4.78 is 11.5. The van der Waals surface area contributed by atoms with Crippen LogP contribution >= 0.6 is 11.3 Å². The molecule has 2 aromatic rings. The highest BCUT2D eigenvalue weighted by Gasteiger charge is 2.24. The molecule has 0 saturated heterocycles. The van der Waals surface area contributed by atoms with Crippen molar-refractivity contribution in [3.8, 4) is 11.5 Å². The highest BCUT2D eigenvalue weighted by atomic mass is 32.1. The highest BCUT2D eigenvalue weighted by molar-refractivity contribution is 7.11. The van der Waals surface area contributed by atoms with Gasteiger partial charge < -0.3 is 9.47 Å². The standard InChI is InChI=1S/C18H24N2O2S/c1-5-16-9-19-17(23-16)11-20(3)10-14-8-15(21-4)7-13-6-12(2)22-18(13)14/h7-9,12H,5-6,10-11H2,1-4H3. The Morgan fingerprint density at radius 1 is 1.39 bits per heavy atom. The normalized spacial score (nSPS) is 16.5. The molecule has 2 heterocycles. The van der Waals surface area contributed by atoms with E-state index in [0.717, 1.165) is 42.4 Å². The molecule has 124 valence electrons. The van der Waals surface area contributed by atoms with E-state index in [1.165, 1.54) is 16.0 Å². The van der Waals surface area contributed by atoms with Gasteiger partial charge in [0.2, 0.25) is 0 Å². The third-order valence-corrected chi connectivity index (χ3v) is 5.20. The molecule has 0 amide bonds. The molecule has 0 spiro atoms. The molecule has 1 aromatic heterocycles. The molecule has 0 bridgehead atoms. The van der Waals surface area contributed by atoms with Crippen LogP contribution in [-0.4, -0.2) is 30.1 Å². The van der Waals surface area contributed by atoms with Gasteiger partial charge in [-0.1, -0.05) is 6.92 Å². The van der Waals surface area contributed by atoms with Crippen LogP contribution in [0.2, 0.25) is 0 Å². The van der Waals surface area contributed by atoms with E-state index in [4.69, 9.17) is 9.47 Å². The summed E-state index contributed by atoms with van der Waals surface area (Å²) in [5.41, 5.74) is 2.45. The summed E-state index contributed by atoms with van der Waals surface area (Å²) >= 11 is 1.80. The minimum Gasteiger partial charge on any atom is -0.497 e. The summed E-state index contributed by atoms with van der Waals surface area (Å²) in [6.45, 7) is 5.96. The van der Waals surface area contributed by atoms with Crippen LogP contribution < -0.4 is 9.47 Å². The molecule has 0 N–H and O–H groups in total. The average molecular weight is 332 g/mol. The second-order valence-corrected chi connectivity index (χ2v) is 7.35. The van der Waals surface area contributed by atoms with Crippen molar-refractivity contribution in [1.82, 2.24) is 9.88 Å². The zero-order valence-corrected chi connectivity index (χ0v) is 15.1. The van der Waals surface area contributed by atoms with Crippen LogP contribution in [0.5, 0.6) is 11.5 Å². The van der Waals surface area contributed by atoms with Gasteiger partial charge in [0.05, 0.1) is 13.7 Å². The van der Waals surface area contributed by atoms with E-state index in [1.54, 1.807) is 18.4 Å². The lowest BCUT2D eigenvalue weighted by Crippen LogP contribution is -2.18. The van der Waals surface area contributed by atoms with Crippen LogP contribution in [0.15, 0.2) is 18.3 Å². The van der Waals surface area contributed by atoms with Gasteiger partial charge in [0.1, 0.15) is 22.6 Å². The van der Waals surface area contributed by atoms with Crippen LogP contribution in [0, 0.1) is 0 Å². The molecule has 0 aliphatic carbocycles. The molecule has 1 aliphatic rings. The Labute approximate surface area is 142 Å². The first-order valence-corrected chi connectivity index (χ1v) is 8.89. The molecule has 0 saturated carbocycles. The number of hydrogen-bond donors (Lipinski definition) is 0. The number of ether oxygens (including phenoxy) is 2. The fraction of sp³-hybridized carbons (Fsp3) is 0.500. The Morgan fingerprint density at radius 3 is 2.91 bits per heavy atom. The first-order valence-electron chi connectivity index (χ1n) is 8.07. The van der Waals surface area contributed by atoms with Gasteiger partial charge in [-0.25, -0.2) is 4.98 Å². The maximum absolute atomic E-state index is 6.01. The van der Waals surface area contributed by atoms with E-state index in [2.05, 4.69) is 42.9 Å². The zero-order valence-electron chi connectivity index (χ0n) is 14.3. The van der Waals surface area contributed by atoms with Crippen molar-refractivity contribution in [1.29, 1.82) is 0 Å². The van der Waals surface area contributed by atoms with Crippen molar-refractivity contribution in [3.63, 3.8) is 0 Å². The number of fused-ring (bicyclic) bond motifs is 1. The molecule has 1 unspecified atom stereocenters. The van der Waals surface area contributed by atoms with Crippen molar-refractivity contribution in [2.45, 2.75) is 45.9 Å². The molecule has 4 nitrogen and oxygen atoms in total. The van der Waals surface area contributed by atoms with Gasteiger partial charge in [-0.15, -0.1) is 11.3 Å². The van der Waals surface area contributed by atoms with Crippen LogP contribution in [0.25, 0.3) is 0 Å². The SMILES string of the molecule is CCc1cnc(CN(C)Cc2cc(OC)cc3c2OC(C)C3)s1. The van der Waals surface area contributed by atoms with Gasteiger partial charge in [0, 0.05) is 35.2 Å². The van der Waals surface area contributed by atoms with Crippen molar-refractivity contribution in [2.24, 2.45) is 0 Å². The minimum atomic E-state index is 0.243. The van der Waals surface area contributed by atoms with Crippen molar-refractivity contribution in [3.05, 3.63) is 39.3 Å². The molecule has 23 heavy (non-hydrogen) atoms. The van der Waals surface area contributed by atoms with Crippen LogP contribution in [0.4, 0.5) is 0 Å². The van der Waals surface area contributed by atoms with E-state index in [9.17, 15) is 0 Å². The Bertz CT molecular complexity index is 684. The molecule has 1 aliphatic heterocycles. The smallest absolute Gasteiger partial charge is 0.127 e. The summed E-state index contributed by atoms with van der Waals surface area (Å²) in [7, 11) is 3.84. The van der Waals surface area contributed by atoms with Crippen molar-refractivity contribution < 1.29 is 9.47 Å². The van der Waals surface area contributed by atoms with E-state index in [1.807, 2.05) is 6.20 Å². The number of thiazole rings is 1. The first-order chi connectivity index (χ1) is 11.1. The third-order valence-electron chi connectivity index (χ3n) is 4.07. The summed E-state index contributed by atoms with van der Waals surface area (Å²) in [4.78, 5) is 8.13. The van der Waals surface area contributed by atoms with E-state index in [-0.39, 0.29) is 6.10 Å². The summed E-state index contributed by atoms with van der Waals surface area (Å²) in [6, 6.07) is 4.18. The van der Waals surface area contributed by atoms with Gasteiger partial charge in [0.15, 0.2) is 0 Å². The zero-order chi connectivity index (χ0) is 16.4. The molecular formula is C18H24N2O2S. The lowest BCUT2D eigenvalue weighted by Gasteiger charge is -2.18. The second-order valence-electron chi connectivity index (χ2n) is 6.15. The number of nitrogens with zero attached hydrogens (tertiary/aromatic N) is 2. The molecule has 1 aromatic carbocycles. The predicted molar refractivity (Wildman–Crippen MR) is 93.5 cm³/mol. The Hall–Kier alpha value is -1.59.